The van der Waals surface area contributed by atoms with Gasteiger partial charge in [-0.05, 0) is 53.5 Å². The number of unbranched alkanes of at least 4 members (excludes halogenated alkanes) is 1. The van der Waals surface area contributed by atoms with Gasteiger partial charge in [0, 0.05) is 6.61 Å². The number of ether oxygens (including phenoxy) is 1. The van der Waals surface area contributed by atoms with Crippen molar-refractivity contribution in [1.82, 2.24) is 0 Å². The largest absolute Gasteiger partial charge is 0.377 e. The van der Waals surface area contributed by atoms with Gasteiger partial charge in [0.1, 0.15) is 0 Å². The summed E-state index contributed by atoms with van der Waals surface area (Å²) in [5, 5.41) is 2.59. The second kappa shape index (κ2) is 6.72. The second-order valence-corrected chi connectivity index (χ2v) is 6.87. The first-order chi connectivity index (χ1) is 11.4. The minimum absolute atomic E-state index is 0.728. The zero-order valence-electron chi connectivity index (χ0n) is 13.6. The topological polar surface area (TPSA) is 9.23 Å². The van der Waals surface area contributed by atoms with Crippen LogP contribution in [0.5, 0.6) is 0 Å². The van der Waals surface area contributed by atoms with Crippen LogP contribution in [0.4, 0.5) is 0 Å². The van der Waals surface area contributed by atoms with E-state index in [-0.39, 0.29) is 0 Å². The fourth-order valence-corrected chi connectivity index (χ4v) is 3.88. The third kappa shape index (κ3) is 3.40. The zero-order valence-corrected chi connectivity index (χ0v) is 13.6. The van der Waals surface area contributed by atoms with Crippen molar-refractivity contribution in [2.45, 2.75) is 32.3 Å². The van der Waals surface area contributed by atoms with Crippen molar-refractivity contribution in [1.29, 1.82) is 0 Å². The molecule has 2 bridgehead atoms. The molecule has 0 heterocycles. The lowest BCUT2D eigenvalue weighted by molar-refractivity contribution is 0.115. The molecule has 0 saturated heterocycles. The van der Waals surface area contributed by atoms with Gasteiger partial charge in [-0.25, -0.2) is 0 Å². The van der Waals surface area contributed by atoms with Crippen LogP contribution in [0.1, 0.15) is 31.2 Å². The highest BCUT2D eigenvalue weighted by atomic mass is 16.5. The average molecular weight is 304 g/mol. The van der Waals surface area contributed by atoms with Gasteiger partial charge in [0.15, 0.2) is 0 Å². The van der Waals surface area contributed by atoms with Gasteiger partial charge < -0.3 is 4.74 Å². The van der Waals surface area contributed by atoms with Crippen molar-refractivity contribution in [2.75, 3.05) is 6.61 Å². The third-order valence-electron chi connectivity index (χ3n) is 5.18. The molecule has 2 aliphatic rings. The molecule has 2 atom stereocenters. The second-order valence-electron chi connectivity index (χ2n) is 6.87. The Bertz CT molecular complexity index is 740. The number of hydrogen-bond donors (Lipinski definition) is 0. The summed E-state index contributed by atoms with van der Waals surface area (Å²) < 4.78 is 5.87. The van der Waals surface area contributed by atoms with E-state index in [1.165, 1.54) is 42.0 Å². The van der Waals surface area contributed by atoms with E-state index < -0.39 is 0 Å². The van der Waals surface area contributed by atoms with E-state index >= 15 is 0 Å². The Morgan fingerprint density at radius 1 is 1.00 bits per heavy atom. The Labute approximate surface area is 138 Å². The lowest BCUT2D eigenvalue weighted by Gasteiger charge is -2.18. The van der Waals surface area contributed by atoms with E-state index in [1.807, 2.05) is 0 Å². The van der Waals surface area contributed by atoms with Crippen molar-refractivity contribution >= 4 is 10.8 Å². The van der Waals surface area contributed by atoms with E-state index in [2.05, 4.69) is 60.7 Å². The van der Waals surface area contributed by atoms with E-state index in [9.17, 15) is 0 Å². The molecule has 0 N–H and O–H groups in total. The molecule has 2 aliphatic carbocycles. The molecule has 0 radical (unpaired) electrons. The fourth-order valence-electron chi connectivity index (χ4n) is 3.88. The average Bonchev–Trinajstić information content (AvgIpc) is 3.21. The van der Waals surface area contributed by atoms with E-state index in [4.69, 9.17) is 4.74 Å². The van der Waals surface area contributed by atoms with Crippen LogP contribution < -0.4 is 0 Å². The van der Waals surface area contributed by atoms with Crippen molar-refractivity contribution in [2.24, 2.45) is 11.8 Å². The van der Waals surface area contributed by atoms with Gasteiger partial charge in [-0.3, -0.25) is 0 Å². The van der Waals surface area contributed by atoms with E-state index in [0.29, 0.717) is 0 Å². The van der Waals surface area contributed by atoms with Gasteiger partial charge in [0.05, 0.1) is 6.61 Å². The van der Waals surface area contributed by atoms with Crippen LogP contribution in [0.2, 0.25) is 0 Å². The van der Waals surface area contributed by atoms with Crippen molar-refractivity contribution in [3.63, 3.8) is 0 Å². The normalized spacial score (nSPS) is 22.0. The van der Waals surface area contributed by atoms with E-state index in [0.717, 1.165) is 25.0 Å². The molecule has 2 aromatic rings. The number of rotatable bonds is 7. The van der Waals surface area contributed by atoms with Crippen LogP contribution in [0.15, 0.2) is 66.3 Å². The molecule has 0 fully saturated rings. The highest BCUT2D eigenvalue weighted by Crippen LogP contribution is 2.40. The third-order valence-corrected chi connectivity index (χ3v) is 5.18. The van der Waals surface area contributed by atoms with Crippen LogP contribution >= 0.6 is 0 Å². The Balaban J connectivity index is 1.16. The van der Waals surface area contributed by atoms with Gasteiger partial charge in [-0.1, -0.05) is 66.6 Å². The predicted molar refractivity (Wildman–Crippen MR) is 96.3 cm³/mol. The van der Waals surface area contributed by atoms with Crippen molar-refractivity contribution in [3.8, 4) is 0 Å². The van der Waals surface area contributed by atoms with Gasteiger partial charge in [-0.2, -0.15) is 0 Å². The molecule has 0 amide bonds. The maximum absolute atomic E-state index is 5.87. The van der Waals surface area contributed by atoms with Gasteiger partial charge >= 0.3 is 0 Å². The molecule has 0 spiro atoms. The molecule has 2 unspecified atom stereocenters. The van der Waals surface area contributed by atoms with Crippen LogP contribution in [-0.2, 0) is 11.3 Å². The molecule has 118 valence electrons. The van der Waals surface area contributed by atoms with Crippen LogP contribution in [0, 0.1) is 11.8 Å². The highest BCUT2D eigenvalue weighted by molar-refractivity contribution is 5.82. The number of hydrogen-bond acceptors (Lipinski definition) is 1. The predicted octanol–water partition coefficient (Wildman–Crippen LogP) is 5.66. The minimum Gasteiger partial charge on any atom is -0.377 e. The molecule has 23 heavy (non-hydrogen) atoms. The Kier molecular flexibility index (Phi) is 4.30. The highest BCUT2D eigenvalue weighted by Gasteiger charge is 2.27. The zero-order chi connectivity index (χ0) is 15.5. The Hall–Kier alpha value is -1.86. The SMILES string of the molecule is C1=CC2C=C1CC2CCCCOCc1ccc2ccccc2c1. The van der Waals surface area contributed by atoms with Gasteiger partial charge in [0.25, 0.3) is 0 Å². The standard InChI is InChI=1S/C22H24O/c1-2-6-20-15-18(9-10-19(20)5-1)16-23-12-4-3-7-21-13-17-8-11-22(21)14-17/h1-2,5-6,8-11,14-15,21-22H,3-4,7,12-13,16H2. The smallest absolute Gasteiger partial charge is 0.0717 e. The summed E-state index contributed by atoms with van der Waals surface area (Å²) in [6, 6.07) is 15.1. The molecular formula is C22H24O. The molecule has 2 aromatic carbocycles. The van der Waals surface area contributed by atoms with Crippen molar-refractivity contribution < 1.29 is 4.74 Å². The molecular weight excluding hydrogens is 280 g/mol. The van der Waals surface area contributed by atoms with Crippen LogP contribution in [-0.4, -0.2) is 6.61 Å². The van der Waals surface area contributed by atoms with Crippen LogP contribution in [0.3, 0.4) is 0 Å². The first-order valence-corrected chi connectivity index (χ1v) is 8.83. The minimum atomic E-state index is 0.728. The van der Waals surface area contributed by atoms with Crippen LogP contribution in [0.25, 0.3) is 10.8 Å². The maximum Gasteiger partial charge on any atom is 0.0717 e. The number of fused-ring (bicyclic) bond motifs is 2. The summed E-state index contributed by atoms with van der Waals surface area (Å²) in [5.74, 6) is 1.61. The molecule has 1 nitrogen and oxygen atoms in total. The summed E-state index contributed by atoms with van der Waals surface area (Å²) in [6.07, 6.45) is 12.2. The number of allylic oxidation sites excluding steroid dienone is 4. The summed E-state index contributed by atoms with van der Waals surface area (Å²) in [5.41, 5.74) is 2.83. The Morgan fingerprint density at radius 3 is 2.74 bits per heavy atom. The molecule has 0 saturated carbocycles. The Morgan fingerprint density at radius 2 is 1.91 bits per heavy atom. The summed E-state index contributed by atoms with van der Waals surface area (Å²) in [4.78, 5) is 0. The summed E-state index contributed by atoms with van der Waals surface area (Å²) >= 11 is 0. The molecule has 0 aromatic heterocycles. The van der Waals surface area contributed by atoms with Gasteiger partial charge in [0.2, 0.25) is 0 Å². The number of benzene rings is 2. The molecule has 4 rings (SSSR count). The monoisotopic (exact) mass is 304 g/mol. The summed E-state index contributed by atoms with van der Waals surface area (Å²) in [7, 11) is 0. The van der Waals surface area contributed by atoms with Crippen molar-refractivity contribution in [3.05, 3.63) is 71.8 Å². The quantitative estimate of drug-likeness (QED) is 0.600. The summed E-state index contributed by atoms with van der Waals surface area (Å²) in [6.45, 7) is 1.60. The lowest BCUT2D eigenvalue weighted by Crippen LogP contribution is -2.08. The first-order valence-electron chi connectivity index (χ1n) is 8.83. The fraction of sp³-hybridized carbons (Fsp3) is 0.364. The molecule has 1 heteroatoms. The lowest BCUT2D eigenvalue weighted by atomic mass is 9.87. The first kappa shape index (κ1) is 14.7. The van der Waals surface area contributed by atoms with Gasteiger partial charge in [-0.15, -0.1) is 0 Å². The van der Waals surface area contributed by atoms with E-state index in [1.54, 1.807) is 5.57 Å². The maximum atomic E-state index is 5.87. The molecule has 0 aliphatic heterocycles.